The second-order valence-electron chi connectivity index (χ2n) is 3.88. The Labute approximate surface area is 103 Å². The average Bonchev–Trinajstić information content (AvgIpc) is 2.25. The Hall–Kier alpha value is -1.10. The Morgan fingerprint density at radius 1 is 1.41 bits per heavy atom. The van der Waals surface area contributed by atoms with Crippen LogP contribution in [0.15, 0.2) is 23.1 Å². The predicted octanol–water partition coefficient (Wildman–Crippen LogP) is 3.40. The number of thioether (sulfide) groups is 1. The van der Waals surface area contributed by atoms with E-state index in [1.807, 2.05) is 0 Å². The topological polar surface area (TPSA) is 26.3 Å². The number of ether oxygens (including phenoxy) is 1. The van der Waals surface area contributed by atoms with Gasteiger partial charge in [-0.2, -0.15) is 0 Å². The molecule has 0 N–H and O–H groups in total. The summed E-state index contributed by atoms with van der Waals surface area (Å²) >= 11 is 0.945. The molecule has 0 aromatic heterocycles. The van der Waals surface area contributed by atoms with Crippen molar-refractivity contribution in [2.24, 2.45) is 0 Å². The summed E-state index contributed by atoms with van der Waals surface area (Å²) in [5.74, 6) is -2.31. The highest BCUT2D eigenvalue weighted by Gasteiger charge is 2.31. The number of rotatable bonds is 4. The number of hydrogen-bond acceptors (Lipinski definition) is 3. The van der Waals surface area contributed by atoms with Crippen LogP contribution in [0.4, 0.5) is 8.78 Å². The van der Waals surface area contributed by atoms with Crippen LogP contribution < -0.4 is 0 Å². The zero-order chi connectivity index (χ0) is 13.1. The molecule has 0 aliphatic carbocycles. The number of carbonyl (C=O) groups is 1. The van der Waals surface area contributed by atoms with E-state index in [1.165, 1.54) is 12.1 Å². The summed E-state index contributed by atoms with van der Waals surface area (Å²) in [7, 11) is 0. The van der Waals surface area contributed by atoms with Gasteiger partial charge in [0.25, 0.3) is 0 Å². The minimum Gasteiger partial charge on any atom is -0.465 e. The van der Waals surface area contributed by atoms with Gasteiger partial charge in [-0.05, 0) is 32.9 Å². The Bertz CT molecular complexity index is 419. The molecule has 0 aliphatic heterocycles. The number of halogens is 2. The summed E-state index contributed by atoms with van der Waals surface area (Å²) in [6.07, 6.45) is 0. The highest BCUT2D eigenvalue weighted by atomic mass is 32.2. The summed E-state index contributed by atoms with van der Waals surface area (Å²) in [5, 5.41) is 0. The monoisotopic (exact) mass is 260 g/mol. The lowest BCUT2D eigenvalue weighted by atomic mass is 10.2. The molecular formula is C12H14F2O2S. The van der Waals surface area contributed by atoms with Gasteiger partial charge >= 0.3 is 5.97 Å². The van der Waals surface area contributed by atoms with Crippen molar-refractivity contribution in [1.29, 1.82) is 0 Å². The van der Waals surface area contributed by atoms with E-state index in [1.54, 1.807) is 20.8 Å². The van der Waals surface area contributed by atoms with Crippen LogP contribution in [0.2, 0.25) is 0 Å². The zero-order valence-corrected chi connectivity index (χ0v) is 10.7. The quantitative estimate of drug-likeness (QED) is 0.613. The van der Waals surface area contributed by atoms with E-state index in [9.17, 15) is 13.6 Å². The fourth-order valence-electron chi connectivity index (χ4n) is 1.18. The molecule has 17 heavy (non-hydrogen) atoms. The van der Waals surface area contributed by atoms with Crippen molar-refractivity contribution in [3.8, 4) is 0 Å². The number of hydrogen-bond donors (Lipinski definition) is 0. The first kappa shape index (κ1) is 14.0. The zero-order valence-electron chi connectivity index (χ0n) is 9.92. The highest BCUT2D eigenvalue weighted by Crippen LogP contribution is 2.35. The van der Waals surface area contributed by atoms with Gasteiger partial charge in [0.05, 0.1) is 6.61 Å². The van der Waals surface area contributed by atoms with Crippen LogP contribution in [0.3, 0.4) is 0 Å². The maximum absolute atomic E-state index is 13.4. The molecule has 0 bridgehead atoms. The van der Waals surface area contributed by atoms with E-state index in [0.717, 1.165) is 17.8 Å². The van der Waals surface area contributed by atoms with Gasteiger partial charge in [-0.1, -0.05) is 6.07 Å². The molecule has 0 saturated carbocycles. The van der Waals surface area contributed by atoms with Crippen molar-refractivity contribution in [2.45, 2.75) is 30.4 Å². The lowest BCUT2D eigenvalue weighted by Crippen LogP contribution is -2.30. The fourth-order valence-corrected chi connectivity index (χ4v) is 2.21. The molecule has 1 aromatic carbocycles. The molecule has 0 aliphatic rings. The third kappa shape index (κ3) is 3.43. The van der Waals surface area contributed by atoms with Crippen LogP contribution >= 0.6 is 11.8 Å². The number of benzene rings is 1. The van der Waals surface area contributed by atoms with Crippen molar-refractivity contribution in [1.82, 2.24) is 0 Å². The molecule has 2 nitrogen and oxygen atoms in total. The summed E-state index contributed by atoms with van der Waals surface area (Å²) in [6.45, 7) is 5.18. The fraction of sp³-hybridized carbons (Fsp3) is 0.417. The Balaban J connectivity index is 2.90. The first-order valence-corrected chi connectivity index (χ1v) is 6.00. The normalized spacial score (nSPS) is 11.4. The van der Waals surface area contributed by atoms with Crippen molar-refractivity contribution in [3.63, 3.8) is 0 Å². The van der Waals surface area contributed by atoms with Crippen molar-refractivity contribution in [2.75, 3.05) is 6.61 Å². The largest absolute Gasteiger partial charge is 0.465 e. The van der Waals surface area contributed by atoms with Crippen LogP contribution in [-0.4, -0.2) is 17.3 Å². The molecule has 0 radical (unpaired) electrons. The van der Waals surface area contributed by atoms with Crippen LogP contribution in [0.25, 0.3) is 0 Å². The van der Waals surface area contributed by atoms with Crippen LogP contribution in [0, 0.1) is 11.6 Å². The Morgan fingerprint density at radius 3 is 2.65 bits per heavy atom. The molecule has 0 atom stereocenters. The van der Waals surface area contributed by atoms with Crippen molar-refractivity contribution >= 4 is 17.7 Å². The molecule has 0 fully saturated rings. The second-order valence-corrected chi connectivity index (χ2v) is 5.55. The van der Waals surface area contributed by atoms with E-state index in [4.69, 9.17) is 4.74 Å². The molecule has 1 rings (SSSR count). The molecule has 0 amide bonds. The van der Waals surface area contributed by atoms with Gasteiger partial charge in [-0.25, -0.2) is 8.78 Å². The van der Waals surface area contributed by atoms with Gasteiger partial charge in [-0.15, -0.1) is 11.8 Å². The minimum atomic E-state index is -0.954. The Kier molecular flexibility index (Phi) is 4.51. The Morgan fingerprint density at radius 2 is 2.06 bits per heavy atom. The SMILES string of the molecule is CCOC(=O)C(C)(C)Sc1cccc(F)c1F. The van der Waals surface area contributed by atoms with Crippen molar-refractivity contribution in [3.05, 3.63) is 29.8 Å². The van der Waals surface area contributed by atoms with Crippen molar-refractivity contribution < 1.29 is 18.3 Å². The van der Waals surface area contributed by atoms with Gasteiger partial charge in [-0.3, -0.25) is 4.79 Å². The lowest BCUT2D eigenvalue weighted by molar-refractivity contribution is -0.145. The predicted molar refractivity (Wildman–Crippen MR) is 62.9 cm³/mol. The summed E-state index contributed by atoms with van der Waals surface area (Å²) < 4.78 is 30.4. The van der Waals surface area contributed by atoms with Gasteiger partial charge in [0.15, 0.2) is 11.6 Å². The molecule has 0 heterocycles. The lowest BCUT2D eigenvalue weighted by Gasteiger charge is -2.21. The number of esters is 1. The van der Waals surface area contributed by atoms with Gasteiger partial charge in [0, 0.05) is 4.90 Å². The standard InChI is InChI=1S/C12H14F2O2S/c1-4-16-11(15)12(2,3)17-9-7-5-6-8(13)10(9)14/h5-7H,4H2,1-3H3. The number of carbonyl (C=O) groups excluding carboxylic acids is 1. The maximum Gasteiger partial charge on any atom is 0.321 e. The molecule has 94 valence electrons. The van der Waals surface area contributed by atoms with Gasteiger partial charge in [0.2, 0.25) is 0 Å². The molecular weight excluding hydrogens is 246 g/mol. The molecule has 0 spiro atoms. The smallest absolute Gasteiger partial charge is 0.321 e. The minimum absolute atomic E-state index is 0.100. The van der Waals surface area contributed by atoms with E-state index in [-0.39, 0.29) is 11.5 Å². The van der Waals surface area contributed by atoms with E-state index in [2.05, 4.69) is 0 Å². The van der Waals surface area contributed by atoms with Gasteiger partial charge < -0.3 is 4.74 Å². The maximum atomic E-state index is 13.4. The summed E-state index contributed by atoms with van der Waals surface area (Å²) in [6, 6.07) is 3.88. The first-order chi connectivity index (χ1) is 7.88. The van der Waals surface area contributed by atoms with E-state index < -0.39 is 22.4 Å². The summed E-state index contributed by atoms with van der Waals surface area (Å²) in [5.41, 5.74) is 0. The third-order valence-corrected chi connectivity index (χ3v) is 3.26. The highest BCUT2D eigenvalue weighted by molar-refractivity contribution is 8.01. The summed E-state index contributed by atoms with van der Waals surface area (Å²) in [4.78, 5) is 11.7. The molecule has 5 heteroatoms. The molecule has 0 unspecified atom stereocenters. The van der Waals surface area contributed by atoms with E-state index in [0.29, 0.717) is 0 Å². The van der Waals surface area contributed by atoms with E-state index >= 15 is 0 Å². The third-order valence-electron chi connectivity index (χ3n) is 2.05. The van der Waals surface area contributed by atoms with Crippen LogP contribution in [0.1, 0.15) is 20.8 Å². The van der Waals surface area contributed by atoms with Crippen LogP contribution in [0.5, 0.6) is 0 Å². The first-order valence-electron chi connectivity index (χ1n) is 5.18. The van der Waals surface area contributed by atoms with Crippen LogP contribution in [-0.2, 0) is 9.53 Å². The van der Waals surface area contributed by atoms with Gasteiger partial charge in [0.1, 0.15) is 4.75 Å². The average molecular weight is 260 g/mol. The second kappa shape index (κ2) is 5.49. The molecule has 0 saturated heterocycles. The molecule has 1 aromatic rings.